The number of oxime groups is 1. The van der Waals surface area contributed by atoms with Gasteiger partial charge in [-0.25, -0.2) is 0 Å². The summed E-state index contributed by atoms with van der Waals surface area (Å²) in [7, 11) is 0. The number of carbonyl (C=O) groups is 1. The molecular formula is C33H51NO3. The quantitative estimate of drug-likeness (QED) is 0.180. The molecule has 37 heavy (non-hydrogen) atoms. The summed E-state index contributed by atoms with van der Waals surface area (Å²) in [6, 6.07) is 0. The molecule has 206 valence electrons. The summed E-state index contributed by atoms with van der Waals surface area (Å²) in [5.41, 5.74) is 2.51. The number of fused-ring (bicyclic) bond motifs is 7. The van der Waals surface area contributed by atoms with Gasteiger partial charge in [0.15, 0.2) is 0 Å². The predicted octanol–water partition coefficient (Wildman–Crippen LogP) is 8.20. The first-order valence-electron chi connectivity index (χ1n) is 15.0. The maximum atomic E-state index is 13.7. The SMILES string of the molecule is C=CCOC(=O)[C@]12CC[C@@H](C(=C)C)[C@@H]1[C@H]1CC[C@@H]3[C@@]4(C)CC/C(=N\O)C(C)(C)[C@@H]4CC[C@@]3(C)[C@]1(C)CC2. The van der Waals surface area contributed by atoms with Gasteiger partial charge in [0, 0.05) is 5.41 Å². The van der Waals surface area contributed by atoms with E-state index in [4.69, 9.17) is 4.74 Å². The highest BCUT2D eigenvalue weighted by Gasteiger charge is 2.72. The number of rotatable bonds is 4. The molecule has 5 aliphatic rings. The Hall–Kier alpha value is -1.58. The van der Waals surface area contributed by atoms with Crippen LogP contribution in [0, 0.1) is 56.7 Å². The second-order valence-corrected chi connectivity index (χ2v) is 15.0. The summed E-state index contributed by atoms with van der Waals surface area (Å²) < 4.78 is 5.82. The molecule has 5 fully saturated rings. The molecule has 0 spiro atoms. The van der Waals surface area contributed by atoms with Crippen LogP contribution in [0.3, 0.4) is 0 Å². The number of hydrogen-bond acceptors (Lipinski definition) is 4. The van der Waals surface area contributed by atoms with E-state index >= 15 is 0 Å². The molecule has 0 radical (unpaired) electrons. The number of hydrogen-bond donors (Lipinski definition) is 1. The van der Waals surface area contributed by atoms with E-state index in [9.17, 15) is 10.0 Å². The summed E-state index contributed by atoms with van der Waals surface area (Å²) in [4.78, 5) is 13.7. The van der Waals surface area contributed by atoms with Gasteiger partial charge in [-0.1, -0.05) is 64.6 Å². The Bertz CT molecular complexity index is 1010. The first kappa shape index (κ1) is 27.0. The number of carbonyl (C=O) groups excluding carboxylic acids is 1. The van der Waals surface area contributed by atoms with Crippen LogP contribution in [0.25, 0.3) is 0 Å². The van der Waals surface area contributed by atoms with Gasteiger partial charge in [0.25, 0.3) is 0 Å². The van der Waals surface area contributed by atoms with Gasteiger partial charge in [-0.15, -0.1) is 0 Å². The van der Waals surface area contributed by atoms with Crippen LogP contribution < -0.4 is 0 Å². The lowest BCUT2D eigenvalue weighted by Crippen LogP contribution is -2.66. The Labute approximate surface area is 225 Å². The van der Waals surface area contributed by atoms with Crippen molar-refractivity contribution in [3.8, 4) is 0 Å². The molecule has 4 heteroatoms. The van der Waals surface area contributed by atoms with Crippen LogP contribution in [0.5, 0.6) is 0 Å². The van der Waals surface area contributed by atoms with Gasteiger partial charge < -0.3 is 9.94 Å². The lowest BCUT2D eigenvalue weighted by Gasteiger charge is -2.72. The van der Waals surface area contributed by atoms with Gasteiger partial charge in [0.2, 0.25) is 0 Å². The van der Waals surface area contributed by atoms with E-state index in [1.807, 2.05) is 0 Å². The number of nitrogens with zero attached hydrogens (tertiary/aromatic N) is 1. The molecule has 5 aliphatic carbocycles. The fourth-order valence-electron chi connectivity index (χ4n) is 11.8. The molecule has 0 aromatic heterocycles. The van der Waals surface area contributed by atoms with E-state index in [0.717, 1.165) is 44.2 Å². The average molecular weight is 510 g/mol. The van der Waals surface area contributed by atoms with Crippen molar-refractivity contribution in [2.45, 2.75) is 106 Å². The summed E-state index contributed by atoms with van der Waals surface area (Å²) in [5.74, 6) is 2.49. The Balaban J connectivity index is 1.54. The molecule has 0 aromatic carbocycles. The zero-order valence-corrected chi connectivity index (χ0v) is 24.4. The van der Waals surface area contributed by atoms with Crippen LogP contribution in [-0.4, -0.2) is 23.5 Å². The zero-order valence-electron chi connectivity index (χ0n) is 24.4. The van der Waals surface area contributed by atoms with Crippen molar-refractivity contribution in [1.82, 2.24) is 0 Å². The lowest BCUT2D eigenvalue weighted by atomic mass is 9.32. The second-order valence-electron chi connectivity index (χ2n) is 15.0. The van der Waals surface area contributed by atoms with Crippen molar-refractivity contribution >= 4 is 11.7 Å². The van der Waals surface area contributed by atoms with Crippen LogP contribution in [0.15, 0.2) is 30.0 Å². The molecule has 0 unspecified atom stereocenters. The molecule has 5 saturated carbocycles. The molecule has 0 aromatic rings. The molecule has 0 bridgehead atoms. The van der Waals surface area contributed by atoms with Crippen molar-refractivity contribution < 1.29 is 14.7 Å². The predicted molar refractivity (Wildman–Crippen MR) is 149 cm³/mol. The van der Waals surface area contributed by atoms with E-state index in [1.165, 1.54) is 31.3 Å². The lowest BCUT2D eigenvalue weighted by molar-refractivity contribution is -0.231. The fraction of sp³-hybridized carbons (Fsp3) is 0.818. The maximum absolute atomic E-state index is 13.7. The van der Waals surface area contributed by atoms with Gasteiger partial charge in [0.1, 0.15) is 6.61 Å². The molecular weight excluding hydrogens is 458 g/mol. The topological polar surface area (TPSA) is 58.9 Å². The minimum absolute atomic E-state index is 0.0241. The Morgan fingerprint density at radius 1 is 1.00 bits per heavy atom. The van der Waals surface area contributed by atoms with Crippen molar-refractivity contribution in [2.75, 3.05) is 6.61 Å². The molecule has 0 saturated heterocycles. The van der Waals surface area contributed by atoms with Crippen LogP contribution in [0.4, 0.5) is 0 Å². The van der Waals surface area contributed by atoms with E-state index < -0.39 is 0 Å². The minimum Gasteiger partial charge on any atom is -0.461 e. The van der Waals surface area contributed by atoms with Gasteiger partial charge in [-0.3, -0.25) is 4.79 Å². The van der Waals surface area contributed by atoms with E-state index in [1.54, 1.807) is 6.08 Å². The van der Waals surface area contributed by atoms with Crippen LogP contribution >= 0.6 is 0 Å². The van der Waals surface area contributed by atoms with Crippen LogP contribution in [0.2, 0.25) is 0 Å². The molecule has 0 aliphatic heterocycles. The highest BCUT2D eigenvalue weighted by atomic mass is 16.5. The maximum Gasteiger partial charge on any atom is 0.312 e. The fourth-order valence-corrected chi connectivity index (χ4v) is 11.8. The average Bonchev–Trinajstić information content (AvgIpc) is 3.24. The normalized spacial score (nSPS) is 49.2. The van der Waals surface area contributed by atoms with Gasteiger partial charge in [0.05, 0.1) is 11.1 Å². The summed E-state index contributed by atoms with van der Waals surface area (Å²) >= 11 is 0. The third-order valence-electron chi connectivity index (χ3n) is 13.7. The largest absolute Gasteiger partial charge is 0.461 e. The highest BCUT2D eigenvalue weighted by molar-refractivity contribution is 5.90. The monoisotopic (exact) mass is 509 g/mol. The molecule has 1 N–H and O–H groups in total. The Morgan fingerprint density at radius 3 is 2.38 bits per heavy atom. The van der Waals surface area contributed by atoms with Gasteiger partial charge >= 0.3 is 5.97 Å². The van der Waals surface area contributed by atoms with Crippen LogP contribution in [0.1, 0.15) is 106 Å². The van der Waals surface area contributed by atoms with Gasteiger partial charge in [-0.2, -0.15) is 0 Å². The third kappa shape index (κ3) is 3.38. The summed E-state index contributed by atoms with van der Waals surface area (Å²) in [6.45, 7) is 23.2. The number of allylic oxidation sites excluding steroid dienone is 1. The first-order valence-corrected chi connectivity index (χ1v) is 15.0. The highest BCUT2D eigenvalue weighted by Crippen LogP contribution is 2.77. The Morgan fingerprint density at radius 2 is 1.73 bits per heavy atom. The number of esters is 1. The smallest absolute Gasteiger partial charge is 0.312 e. The number of ether oxygens (including phenoxy) is 1. The molecule has 5 rings (SSSR count). The molecule has 0 amide bonds. The zero-order chi connectivity index (χ0) is 27.0. The van der Waals surface area contributed by atoms with Gasteiger partial charge in [-0.05, 0) is 117 Å². The molecule has 0 heterocycles. The standard InChI is InChI=1S/C33H51NO3/c1-9-20-37-28(35)33-17-12-22(21(2)3)27(33)23-10-11-25-30(6)15-14-26(34-36)29(4,5)24(30)13-16-32(25,8)31(23,7)18-19-33/h9,22-25,27,36H,1-2,10-20H2,3-8H3/b34-26+/t22-,23+,24-,25+,27+,30-,31+,32+,33-/m0/s1. The van der Waals surface area contributed by atoms with Crippen molar-refractivity contribution in [1.29, 1.82) is 0 Å². The summed E-state index contributed by atoms with van der Waals surface area (Å²) in [5, 5.41) is 13.6. The second kappa shape index (κ2) is 8.71. The first-order chi connectivity index (χ1) is 17.3. The third-order valence-corrected chi connectivity index (χ3v) is 13.7. The van der Waals surface area contributed by atoms with Crippen molar-refractivity contribution in [2.24, 2.45) is 61.8 Å². The minimum atomic E-state index is -0.361. The molecule has 4 nitrogen and oxygen atoms in total. The summed E-state index contributed by atoms with van der Waals surface area (Å²) in [6.07, 6.45) is 12.6. The van der Waals surface area contributed by atoms with E-state index in [-0.39, 0.29) is 33.0 Å². The van der Waals surface area contributed by atoms with Crippen molar-refractivity contribution in [3.63, 3.8) is 0 Å². The van der Waals surface area contributed by atoms with Crippen LogP contribution in [-0.2, 0) is 9.53 Å². The van der Waals surface area contributed by atoms with Crippen molar-refractivity contribution in [3.05, 3.63) is 24.8 Å². The van der Waals surface area contributed by atoms with E-state index in [2.05, 4.69) is 59.9 Å². The molecule has 9 atom stereocenters. The van der Waals surface area contributed by atoms with E-state index in [0.29, 0.717) is 36.2 Å². The Kier molecular flexibility index (Phi) is 6.36.